The minimum absolute atomic E-state index is 0.0412. The minimum atomic E-state index is -3.50. The summed E-state index contributed by atoms with van der Waals surface area (Å²) in [6, 6.07) is 12.8. The molecule has 0 radical (unpaired) electrons. The van der Waals surface area contributed by atoms with Crippen LogP contribution in [0.1, 0.15) is 27.7 Å². The van der Waals surface area contributed by atoms with Crippen LogP contribution >= 0.6 is 7.60 Å². The fourth-order valence-electron chi connectivity index (χ4n) is 2.76. The van der Waals surface area contributed by atoms with E-state index in [1.165, 1.54) is 6.26 Å². The lowest BCUT2D eigenvalue weighted by Crippen LogP contribution is -2.15. The highest BCUT2D eigenvalue weighted by molar-refractivity contribution is 7.62. The quantitative estimate of drug-likeness (QED) is 0.393. The average Bonchev–Trinajstić information content (AvgIpc) is 2.62. The summed E-state index contributed by atoms with van der Waals surface area (Å²) in [7, 11) is -3.50. The molecule has 2 aromatic carbocycles. The summed E-state index contributed by atoms with van der Waals surface area (Å²) in [5.74, 6) is 1.17. The van der Waals surface area contributed by atoms with Crippen molar-refractivity contribution in [2.75, 3.05) is 13.2 Å². The molecule has 0 aromatic heterocycles. The van der Waals surface area contributed by atoms with Gasteiger partial charge in [-0.1, -0.05) is 30.8 Å². The molecule has 0 aliphatic heterocycles. The Morgan fingerprint density at radius 3 is 2.22 bits per heavy atom. The second-order valence-corrected chi connectivity index (χ2v) is 7.92. The van der Waals surface area contributed by atoms with E-state index in [4.69, 9.17) is 18.5 Å². The van der Waals surface area contributed by atoms with E-state index in [1.54, 1.807) is 19.9 Å². The van der Waals surface area contributed by atoms with Gasteiger partial charge >= 0.3 is 7.60 Å². The first-order valence-corrected chi connectivity index (χ1v) is 10.6. The van der Waals surface area contributed by atoms with E-state index < -0.39 is 7.60 Å². The molecule has 0 bridgehead atoms. The second-order valence-electron chi connectivity index (χ2n) is 5.93. The average molecular weight is 390 g/mol. The molecular weight excluding hydrogens is 363 g/mol. The van der Waals surface area contributed by atoms with Crippen molar-refractivity contribution in [1.29, 1.82) is 0 Å². The van der Waals surface area contributed by atoms with Gasteiger partial charge in [-0.2, -0.15) is 0 Å². The molecule has 146 valence electrons. The Balaban J connectivity index is 2.75. The molecule has 0 spiro atoms. The summed E-state index contributed by atoms with van der Waals surface area (Å²) in [6.07, 6.45) is 1.31. The number of hydrogen-bond donors (Lipinski definition) is 0. The highest BCUT2D eigenvalue weighted by Gasteiger charge is 2.31. The Morgan fingerprint density at radius 1 is 1.00 bits per heavy atom. The van der Waals surface area contributed by atoms with Crippen LogP contribution in [0, 0.1) is 0 Å². The van der Waals surface area contributed by atoms with Crippen molar-refractivity contribution in [3.63, 3.8) is 0 Å². The molecule has 27 heavy (non-hydrogen) atoms. The van der Waals surface area contributed by atoms with Crippen LogP contribution in [-0.2, 0) is 13.6 Å². The van der Waals surface area contributed by atoms with Gasteiger partial charge in [0.25, 0.3) is 0 Å². The van der Waals surface area contributed by atoms with Gasteiger partial charge in [0.15, 0.2) is 0 Å². The van der Waals surface area contributed by atoms with E-state index in [2.05, 4.69) is 6.58 Å². The molecule has 0 amide bonds. The fourth-order valence-corrected chi connectivity index (χ4v) is 4.54. The molecule has 0 aliphatic carbocycles. The third-order valence-electron chi connectivity index (χ3n) is 3.63. The van der Waals surface area contributed by atoms with Crippen LogP contribution in [0.5, 0.6) is 11.5 Å². The van der Waals surface area contributed by atoms with Gasteiger partial charge in [0.2, 0.25) is 0 Å². The Labute approximate surface area is 161 Å². The van der Waals surface area contributed by atoms with E-state index in [0.29, 0.717) is 27.9 Å². The normalized spacial score (nSPS) is 11.4. The predicted molar refractivity (Wildman–Crippen MR) is 109 cm³/mol. The zero-order valence-corrected chi connectivity index (χ0v) is 17.2. The number of hydrogen-bond acceptors (Lipinski definition) is 5. The van der Waals surface area contributed by atoms with E-state index >= 15 is 0 Å². The standard InChI is InChI=1S/C21H27O5P/c1-6-23-18-13-11-14-19(26-16(4)5)21(18)17-12-9-10-15-20(17)27(22,24-7-2)25-8-3/h6,9-16H,1,7-8H2,2-5H3. The monoisotopic (exact) mass is 390 g/mol. The minimum Gasteiger partial charge on any atom is -0.490 e. The van der Waals surface area contributed by atoms with Gasteiger partial charge in [-0.25, -0.2) is 0 Å². The first kappa shape index (κ1) is 21.2. The number of rotatable bonds is 10. The molecule has 0 saturated carbocycles. The van der Waals surface area contributed by atoms with Gasteiger partial charge in [0.05, 0.1) is 36.4 Å². The third kappa shape index (κ3) is 5.01. The van der Waals surface area contributed by atoms with Crippen LogP contribution in [0.25, 0.3) is 11.1 Å². The van der Waals surface area contributed by atoms with Crippen molar-refractivity contribution < 1.29 is 23.1 Å². The van der Waals surface area contributed by atoms with Crippen LogP contribution in [0.4, 0.5) is 0 Å². The summed E-state index contributed by atoms with van der Waals surface area (Å²) >= 11 is 0. The lowest BCUT2D eigenvalue weighted by molar-refractivity contribution is 0.230. The first-order chi connectivity index (χ1) is 13.0. The molecule has 0 aliphatic rings. The summed E-state index contributed by atoms with van der Waals surface area (Å²) in [5.41, 5.74) is 1.36. The Morgan fingerprint density at radius 2 is 1.63 bits per heavy atom. The number of benzene rings is 2. The van der Waals surface area contributed by atoms with Crippen molar-refractivity contribution in [3.8, 4) is 22.6 Å². The lowest BCUT2D eigenvalue weighted by atomic mass is 10.0. The molecule has 0 atom stereocenters. The molecule has 2 aromatic rings. The van der Waals surface area contributed by atoms with Gasteiger partial charge in [-0.05, 0) is 45.9 Å². The number of ether oxygens (including phenoxy) is 2. The highest BCUT2D eigenvalue weighted by atomic mass is 31.2. The molecule has 2 rings (SSSR count). The summed E-state index contributed by atoms with van der Waals surface area (Å²) in [6.45, 7) is 11.7. The van der Waals surface area contributed by atoms with Crippen LogP contribution in [0.3, 0.4) is 0 Å². The smallest absolute Gasteiger partial charge is 0.361 e. The molecule has 6 heteroatoms. The van der Waals surface area contributed by atoms with E-state index in [1.807, 2.05) is 50.2 Å². The topological polar surface area (TPSA) is 54.0 Å². The summed E-state index contributed by atoms with van der Waals surface area (Å²) < 4.78 is 36.2. The van der Waals surface area contributed by atoms with Crippen molar-refractivity contribution in [2.24, 2.45) is 0 Å². The van der Waals surface area contributed by atoms with Gasteiger partial charge in [-0.3, -0.25) is 4.57 Å². The molecule has 0 saturated heterocycles. The van der Waals surface area contributed by atoms with Crippen LogP contribution in [0.2, 0.25) is 0 Å². The maximum Gasteiger partial charge on any atom is 0.361 e. The van der Waals surface area contributed by atoms with Crippen LogP contribution in [0.15, 0.2) is 55.3 Å². The van der Waals surface area contributed by atoms with Crippen LogP contribution in [-0.4, -0.2) is 19.3 Å². The maximum absolute atomic E-state index is 13.5. The predicted octanol–water partition coefficient (Wildman–Crippen LogP) is 5.55. The Hall–Kier alpha value is -2.07. The van der Waals surface area contributed by atoms with Crippen molar-refractivity contribution in [1.82, 2.24) is 0 Å². The molecule has 0 unspecified atom stereocenters. The summed E-state index contributed by atoms with van der Waals surface area (Å²) in [4.78, 5) is 0. The molecular formula is C21H27O5P. The van der Waals surface area contributed by atoms with E-state index in [9.17, 15) is 4.57 Å². The second kappa shape index (κ2) is 9.75. The third-order valence-corrected chi connectivity index (χ3v) is 5.80. The van der Waals surface area contributed by atoms with Crippen molar-refractivity contribution in [3.05, 3.63) is 55.3 Å². The van der Waals surface area contributed by atoms with Crippen molar-refractivity contribution >= 4 is 12.9 Å². The van der Waals surface area contributed by atoms with E-state index in [0.717, 1.165) is 0 Å². The first-order valence-electron chi connectivity index (χ1n) is 9.03. The highest BCUT2D eigenvalue weighted by Crippen LogP contribution is 2.51. The zero-order chi connectivity index (χ0) is 19.9. The lowest BCUT2D eigenvalue weighted by Gasteiger charge is -2.23. The van der Waals surface area contributed by atoms with Gasteiger partial charge < -0.3 is 18.5 Å². The maximum atomic E-state index is 13.5. The molecule has 0 N–H and O–H groups in total. The van der Waals surface area contributed by atoms with Crippen molar-refractivity contribution in [2.45, 2.75) is 33.8 Å². The molecule has 0 fully saturated rings. The van der Waals surface area contributed by atoms with Gasteiger partial charge in [0.1, 0.15) is 11.5 Å². The fraction of sp³-hybridized carbons (Fsp3) is 0.333. The summed E-state index contributed by atoms with van der Waals surface area (Å²) in [5, 5.41) is 0.474. The molecule has 5 nitrogen and oxygen atoms in total. The zero-order valence-electron chi connectivity index (χ0n) is 16.3. The van der Waals surface area contributed by atoms with E-state index in [-0.39, 0.29) is 19.3 Å². The Bertz CT molecular complexity index is 806. The van der Waals surface area contributed by atoms with Gasteiger partial charge in [0, 0.05) is 5.56 Å². The Kier molecular flexibility index (Phi) is 7.66. The van der Waals surface area contributed by atoms with Crippen LogP contribution < -0.4 is 14.8 Å². The SMILES string of the molecule is C=COc1cccc(OC(C)C)c1-c1ccccc1P(=O)(OCC)OCC. The van der Waals surface area contributed by atoms with Gasteiger partial charge in [-0.15, -0.1) is 0 Å². The largest absolute Gasteiger partial charge is 0.490 e. The molecule has 0 heterocycles.